The normalized spacial score (nSPS) is 11.7. The molecule has 2 aromatic rings. The van der Waals surface area contributed by atoms with Gasteiger partial charge in [-0.15, -0.1) is 11.3 Å². The number of nitrogens with zero attached hydrogens (tertiary/aromatic N) is 3. The number of rotatable bonds is 5. The van der Waals surface area contributed by atoms with Crippen LogP contribution in [0.4, 0.5) is 0 Å². The first kappa shape index (κ1) is 16.1. The zero-order valence-corrected chi connectivity index (χ0v) is 15.0. The van der Waals surface area contributed by atoms with Gasteiger partial charge in [-0.2, -0.15) is 0 Å². The van der Waals surface area contributed by atoms with Crippen molar-refractivity contribution in [3.63, 3.8) is 0 Å². The Morgan fingerprint density at radius 2 is 2.33 bits per heavy atom. The molecule has 4 nitrogen and oxygen atoms in total. The van der Waals surface area contributed by atoms with Gasteiger partial charge < -0.3 is 14.8 Å². The average molecular weight is 369 g/mol. The van der Waals surface area contributed by atoms with Gasteiger partial charge in [-0.3, -0.25) is 4.99 Å². The van der Waals surface area contributed by atoms with Crippen LogP contribution in [0.25, 0.3) is 0 Å². The highest BCUT2D eigenvalue weighted by Gasteiger charge is 2.09. The summed E-state index contributed by atoms with van der Waals surface area (Å²) >= 11 is 5.30. The Hall–Kier alpha value is -1.27. The van der Waals surface area contributed by atoms with Crippen LogP contribution in [-0.2, 0) is 20.0 Å². The summed E-state index contributed by atoms with van der Waals surface area (Å²) in [5.41, 5.74) is 1.24. The summed E-state index contributed by atoms with van der Waals surface area (Å²) in [5, 5.41) is 5.53. The van der Waals surface area contributed by atoms with Crippen LogP contribution in [0.2, 0.25) is 0 Å². The minimum absolute atomic E-state index is 0.820. The number of nitrogens with one attached hydrogen (secondary N) is 1. The second-order valence-corrected chi connectivity index (χ2v) is 6.87. The molecule has 2 rings (SSSR count). The molecule has 0 aliphatic carbocycles. The number of thiophene rings is 1. The van der Waals surface area contributed by atoms with Crippen molar-refractivity contribution in [1.29, 1.82) is 0 Å². The maximum absolute atomic E-state index is 4.35. The Morgan fingerprint density at radius 1 is 1.52 bits per heavy atom. The van der Waals surface area contributed by atoms with Crippen molar-refractivity contribution in [2.24, 2.45) is 12.0 Å². The van der Waals surface area contributed by atoms with E-state index in [4.69, 9.17) is 0 Å². The predicted octanol–water partition coefficient (Wildman–Crippen LogP) is 3.10. The highest BCUT2D eigenvalue weighted by Crippen LogP contribution is 2.15. The molecule has 1 N–H and O–H groups in total. The van der Waals surface area contributed by atoms with Crippen LogP contribution in [0.3, 0.4) is 0 Å². The number of hydrogen-bond acceptors (Lipinski definition) is 2. The molecule has 0 aliphatic rings. The van der Waals surface area contributed by atoms with Gasteiger partial charge in [0.2, 0.25) is 0 Å². The van der Waals surface area contributed by atoms with Crippen molar-refractivity contribution >= 4 is 33.2 Å². The number of halogens is 1. The molecule has 0 atom stereocenters. The van der Waals surface area contributed by atoms with E-state index >= 15 is 0 Å². The minimum atomic E-state index is 0.820. The van der Waals surface area contributed by atoms with Gasteiger partial charge in [0.1, 0.15) is 0 Å². The maximum atomic E-state index is 4.35. The molecule has 0 spiro atoms. The standard InChI is InChI=1S/C15H21BrN4S/c1-17-15(18-7-6-14-5-4-8-21-14)20(3)11-13-9-12(16)10-19(13)2/h4-5,8-10H,6-7,11H2,1-3H3,(H,17,18). The quantitative estimate of drug-likeness (QED) is 0.649. The fourth-order valence-corrected chi connectivity index (χ4v) is 3.46. The van der Waals surface area contributed by atoms with E-state index in [1.54, 1.807) is 11.3 Å². The zero-order valence-electron chi connectivity index (χ0n) is 12.6. The molecule has 0 bridgehead atoms. The van der Waals surface area contributed by atoms with Gasteiger partial charge in [0.05, 0.1) is 6.54 Å². The fraction of sp³-hybridized carbons (Fsp3) is 0.400. The number of aromatic nitrogens is 1. The van der Waals surface area contributed by atoms with E-state index in [0.29, 0.717) is 0 Å². The van der Waals surface area contributed by atoms with Crippen LogP contribution in [0.5, 0.6) is 0 Å². The first-order valence-electron chi connectivity index (χ1n) is 6.85. The molecule has 0 unspecified atom stereocenters. The number of hydrogen-bond donors (Lipinski definition) is 1. The van der Waals surface area contributed by atoms with Crippen molar-refractivity contribution in [2.45, 2.75) is 13.0 Å². The molecule has 0 saturated heterocycles. The predicted molar refractivity (Wildman–Crippen MR) is 94.0 cm³/mol. The molecule has 21 heavy (non-hydrogen) atoms. The molecule has 114 valence electrons. The van der Waals surface area contributed by atoms with E-state index in [-0.39, 0.29) is 0 Å². The van der Waals surface area contributed by atoms with Crippen molar-refractivity contribution in [2.75, 3.05) is 20.6 Å². The van der Waals surface area contributed by atoms with Crippen LogP contribution < -0.4 is 5.32 Å². The lowest BCUT2D eigenvalue weighted by Gasteiger charge is -2.22. The molecule has 2 aromatic heterocycles. The Bertz CT molecular complexity index is 589. The second-order valence-electron chi connectivity index (χ2n) is 4.92. The van der Waals surface area contributed by atoms with E-state index in [1.165, 1.54) is 10.6 Å². The molecule has 0 amide bonds. The summed E-state index contributed by atoms with van der Waals surface area (Å²) in [7, 11) is 5.94. The third-order valence-corrected chi connectivity index (χ3v) is 4.65. The molecule has 0 aromatic carbocycles. The van der Waals surface area contributed by atoms with E-state index in [2.05, 4.69) is 79.6 Å². The van der Waals surface area contributed by atoms with Crippen molar-refractivity contribution in [1.82, 2.24) is 14.8 Å². The van der Waals surface area contributed by atoms with Gasteiger partial charge in [0.15, 0.2) is 5.96 Å². The summed E-state index contributed by atoms with van der Waals surface area (Å²) < 4.78 is 3.23. The molecule has 0 radical (unpaired) electrons. The summed E-state index contributed by atoms with van der Waals surface area (Å²) in [6.07, 6.45) is 3.09. The zero-order chi connectivity index (χ0) is 15.2. The monoisotopic (exact) mass is 368 g/mol. The third-order valence-electron chi connectivity index (χ3n) is 3.28. The molecule has 0 fully saturated rings. The second kappa shape index (κ2) is 7.66. The molecule has 2 heterocycles. The van der Waals surface area contributed by atoms with E-state index in [9.17, 15) is 0 Å². The third kappa shape index (κ3) is 4.61. The summed E-state index contributed by atoms with van der Waals surface area (Å²) in [5.74, 6) is 0.920. The van der Waals surface area contributed by atoms with Crippen molar-refractivity contribution in [3.05, 3.63) is 44.8 Å². The molecular formula is C15H21BrN4S. The lowest BCUT2D eigenvalue weighted by Crippen LogP contribution is -2.39. The number of aryl methyl sites for hydroxylation is 1. The van der Waals surface area contributed by atoms with Crippen LogP contribution in [0, 0.1) is 0 Å². The minimum Gasteiger partial charge on any atom is -0.356 e. The lowest BCUT2D eigenvalue weighted by molar-refractivity contribution is 0.462. The summed E-state index contributed by atoms with van der Waals surface area (Å²) in [6.45, 7) is 1.72. The van der Waals surface area contributed by atoms with Crippen LogP contribution in [-0.4, -0.2) is 36.1 Å². The van der Waals surface area contributed by atoms with Crippen LogP contribution in [0.1, 0.15) is 10.6 Å². The topological polar surface area (TPSA) is 32.6 Å². The largest absolute Gasteiger partial charge is 0.356 e. The Kier molecular flexibility index (Phi) is 5.87. The van der Waals surface area contributed by atoms with Crippen LogP contribution in [0.15, 0.2) is 39.2 Å². The molecule has 0 aliphatic heterocycles. The smallest absolute Gasteiger partial charge is 0.193 e. The highest BCUT2D eigenvalue weighted by molar-refractivity contribution is 9.10. The Morgan fingerprint density at radius 3 is 2.90 bits per heavy atom. The van der Waals surface area contributed by atoms with E-state index < -0.39 is 0 Å². The van der Waals surface area contributed by atoms with Gasteiger partial charge in [0.25, 0.3) is 0 Å². The maximum Gasteiger partial charge on any atom is 0.193 e. The van der Waals surface area contributed by atoms with Gasteiger partial charge in [0, 0.05) is 48.9 Å². The van der Waals surface area contributed by atoms with Crippen LogP contribution >= 0.6 is 27.3 Å². The number of guanidine groups is 1. The highest BCUT2D eigenvalue weighted by atomic mass is 79.9. The molecule has 0 saturated carbocycles. The molecule has 6 heteroatoms. The van der Waals surface area contributed by atoms with Gasteiger partial charge in [-0.25, -0.2) is 0 Å². The van der Waals surface area contributed by atoms with Gasteiger partial charge in [-0.1, -0.05) is 6.07 Å². The summed E-state index contributed by atoms with van der Waals surface area (Å²) in [4.78, 5) is 7.88. The van der Waals surface area contributed by atoms with Crippen molar-refractivity contribution < 1.29 is 0 Å². The van der Waals surface area contributed by atoms with Gasteiger partial charge >= 0.3 is 0 Å². The SMILES string of the molecule is CN=C(NCCc1cccs1)N(C)Cc1cc(Br)cn1C. The number of aliphatic imine (C=N–C) groups is 1. The Labute approximate surface area is 138 Å². The fourth-order valence-electron chi connectivity index (χ4n) is 2.18. The lowest BCUT2D eigenvalue weighted by atomic mass is 10.3. The summed E-state index contributed by atoms with van der Waals surface area (Å²) in [6, 6.07) is 6.39. The first-order chi connectivity index (χ1) is 10.1. The Balaban J connectivity index is 1.86. The van der Waals surface area contributed by atoms with Gasteiger partial charge in [-0.05, 0) is 39.9 Å². The average Bonchev–Trinajstić information content (AvgIpc) is 3.05. The van der Waals surface area contributed by atoms with E-state index in [0.717, 1.165) is 29.9 Å². The van der Waals surface area contributed by atoms with Crippen molar-refractivity contribution in [3.8, 4) is 0 Å². The molecular weight excluding hydrogens is 348 g/mol. The van der Waals surface area contributed by atoms with E-state index in [1.807, 2.05) is 7.05 Å². The first-order valence-corrected chi connectivity index (χ1v) is 8.52.